The average molecular weight is 178 g/mol. The standard InChI is InChI=1S/C10H12NO2/c1-11(2)10(12)8-5-4-6-9(7-8)13-3/h5-7H,1-3H3. The van der Waals surface area contributed by atoms with Crippen molar-refractivity contribution < 1.29 is 9.53 Å². The monoisotopic (exact) mass is 178 g/mol. The molecular formula is C10H12NO2. The number of hydrogen-bond donors (Lipinski definition) is 0. The maximum Gasteiger partial charge on any atom is 0.253 e. The molecule has 0 saturated carbocycles. The van der Waals surface area contributed by atoms with Crippen LogP contribution >= 0.6 is 0 Å². The van der Waals surface area contributed by atoms with Crippen molar-refractivity contribution in [3.8, 4) is 5.75 Å². The lowest BCUT2D eigenvalue weighted by Crippen LogP contribution is -2.21. The van der Waals surface area contributed by atoms with E-state index in [4.69, 9.17) is 4.74 Å². The normalized spacial score (nSPS) is 9.46. The maximum atomic E-state index is 11.5. The first-order valence-electron chi connectivity index (χ1n) is 3.92. The van der Waals surface area contributed by atoms with Crippen molar-refractivity contribution in [1.29, 1.82) is 0 Å². The highest BCUT2D eigenvalue weighted by Gasteiger charge is 2.07. The van der Waals surface area contributed by atoms with Crippen LogP contribution in [0.25, 0.3) is 0 Å². The molecule has 0 heterocycles. The zero-order valence-electron chi connectivity index (χ0n) is 8.00. The molecule has 0 saturated heterocycles. The summed E-state index contributed by atoms with van der Waals surface area (Å²) in [4.78, 5) is 13.0. The van der Waals surface area contributed by atoms with Crippen molar-refractivity contribution in [2.24, 2.45) is 0 Å². The molecule has 3 nitrogen and oxygen atoms in total. The van der Waals surface area contributed by atoms with Gasteiger partial charge in [-0.05, 0) is 24.3 Å². The van der Waals surface area contributed by atoms with Crippen molar-refractivity contribution in [1.82, 2.24) is 4.90 Å². The quantitative estimate of drug-likeness (QED) is 0.681. The summed E-state index contributed by atoms with van der Waals surface area (Å²) < 4.78 is 4.98. The Bertz CT molecular complexity index is 308. The second-order valence-corrected chi connectivity index (χ2v) is 2.86. The minimum atomic E-state index is -0.0462. The van der Waals surface area contributed by atoms with E-state index in [1.807, 2.05) is 0 Å². The van der Waals surface area contributed by atoms with Gasteiger partial charge in [0.1, 0.15) is 5.75 Å². The molecule has 0 aliphatic carbocycles. The lowest BCUT2D eigenvalue weighted by molar-refractivity contribution is 0.0827. The number of benzene rings is 1. The Labute approximate surface area is 77.9 Å². The van der Waals surface area contributed by atoms with Crippen LogP contribution in [0.5, 0.6) is 5.75 Å². The second kappa shape index (κ2) is 3.94. The van der Waals surface area contributed by atoms with E-state index in [2.05, 4.69) is 6.07 Å². The number of ether oxygens (including phenoxy) is 1. The molecule has 0 aliphatic rings. The van der Waals surface area contributed by atoms with Crippen LogP contribution in [0.3, 0.4) is 0 Å². The number of hydrogen-bond acceptors (Lipinski definition) is 2. The lowest BCUT2D eigenvalue weighted by Gasteiger charge is -2.10. The molecule has 69 valence electrons. The predicted octanol–water partition coefficient (Wildman–Crippen LogP) is 1.20. The van der Waals surface area contributed by atoms with E-state index in [-0.39, 0.29) is 5.91 Å². The molecule has 1 aromatic rings. The lowest BCUT2D eigenvalue weighted by atomic mass is 10.2. The van der Waals surface area contributed by atoms with Crippen molar-refractivity contribution >= 4 is 5.91 Å². The first-order chi connectivity index (χ1) is 6.15. The maximum absolute atomic E-state index is 11.5. The van der Waals surface area contributed by atoms with Crippen molar-refractivity contribution in [3.63, 3.8) is 0 Å². The molecule has 0 fully saturated rings. The fourth-order valence-corrected chi connectivity index (χ4v) is 0.950. The summed E-state index contributed by atoms with van der Waals surface area (Å²) in [5.74, 6) is 0.600. The Hall–Kier alpha value is -1.51. The van der Waals surface area contributed by atoms with E-state index in [0.717, 1.165) is 0 Å². The number of carbonyl (C=O) groups is 1. The smallest absolute Gasteiger partial charge is 0.253 e. The molecule has 0 aliphatic heterocycles. The van der Waals surface area contributed by atoms with Crippen LogP contribution in [0.2, 0.25) is 0 Å². The second-order valence-electron chi connectivity index (χ2n) is 2.86. The van der Waals surface area contributed by atoms with Crippen LogP contribution in [-0.2, 0) is 0 Å². The summed E-state index contributed by atoms with van der Waals surface area (Å²) in [6, 6.07) is 7.87. The van der Waals surface area contributed by atoms with Gasteiger partial charge in [0.05, 0.1) is 7.11 Å². The van der Waals surface area contributed by atoms with Gasteiger partial charge >= 0.3 is 0 Å². The molecule has 1 aromatic carbocycles. The van der Waals surface area contributed by atoms with E-state index in [9.17, 15) is 4.79 Å². The third kappa shape index (κ3) is 2.21. The SMILES string of the molecule is COc1c[c]cc(C(=O)N(C)C)c1. The highest BCUT2D eigenvalue weighted by atomic mass is 16.5. The predicted molar refractivity (Wildman–Crippen MR) is 49.8 cm³/mol. The largest absolute Gasteiger partial charge is 0.497 e. The third-order valence-electron chi connectivity index (χ3n) is 1.65. The van der Waals surface area contributed by atoms with E-state index >= 15 is 0 Å². The average Bonchev–Trinajstić information content (AvgIpc) is 2.16. The van der Waals surface area contributed by atoms with Gasteiger partial charge in [-0.15, -0.1) is 0 Å². The van der Waals surface area contributed by atoms with Gasteiger partial charge < -0.3 is 9.64 Å². The molecule has 0 unspecified atom stereocenters. The third-order valence-corrected chi connectivity index (χ3v) is 1.65. The Balaban J connectivity index is 2.95. The Morgan fingerprint density at radius 2 is 2.15 bits per heavy atom. The molecule has 13 heavy (non-hydrogen) atoms. The summed E-state index contributed by atoms with van der Waals surface area (Å²) >= 11 is 0. The zero-order chi connectivity index (χ0) is 9.84. The number of carbonyl (C=O) groups excluding carboxylic acids is 1. The van der Waals surface area contributed by atoms with Crippen molar-refractivity contribution in [3.05, 3.63) is 29.8 Å². The van der Waals surface area contributed by atoms with Crippen LogP contribution in [0.4, 0.5) is 0 Å². The molecule has 0 spiro atoms. The van der Waals surface area contributed by atoms with Crippen molar-refractivity contribution in [2.45, 2.75) is 0 Å². The van der Waals surface area contributed by atoms with Gasteiger partial charge in [-0.25, -0.2) is 0 Å². The van der Waals surface area contributed by atoms with Crippen LogP contribution in [-0.4, -0.2) is 32.0 Å². The van der Waals surface area contributed by atoms with E-state index in [1.54, 1.807) is 39.4 Å². The van der Waals surface area contributed by atoms with E-state index in [0.29, 0.717) is 11.3 Å². The minimum Gasteiger partial charge on any atom is -0.497 e. The number of amides is 1. The van der Waals surface area contributed by atoms with Gasteiger partial charge in [0.15, 0.2) is 0 Å². The summed E-state index contributed by atoms with van der Waals surface area (Å²) in [5, 5.41) is 0. The van der Waals surface area contributed by atoms with E-state index < -0.39 is 0 Å². The summed E-state index contributed by atoms with van der Waals surface area (Å²) in [5.41, 5.74) is 0.587. The highest BCUT2D eigenvalue weighted by Crippen LogP contribution is 2.12. The summed E-state index contributed by atoms with van der Waals surface area (Å²) in [6.07, 6.45) is 0. The van der Waals surface area contributed by atoms with Gasteiger partial charge in [0.25, 0.3) is 5.91 Å². The van der Waals surface area contributed by atoms with Gasteiger partial charge in [-0.2, -0.15) is 0 Å². The minimum absolute atomic E-state index is 0.0462. The van der Waals surface area contributed by atoms with Crippen LogP contribution < -0.4 is 4.74 Å². The number of nitrogens with zero attached hydrogens (tertiary/aromatic N) is 1. The molecule has 1 amide bonds. The van der Waals surface area contributed by atoms with E-state index in [1.165, 1.54) is 4.90 Å². The van der Waals surface area contributed by atoms with Gasteiger partial charge in [0, 0.05) is 19.7 Å². The Kier molecular flexibility index (Phi) is 2.90. The number of methoxy groups -OCH3 is 1. The molecule has 1 radical (unpaired) electrons. The summed E-state index contributed by atoms with van der Waals surface area (Å²) in [7, 11) is 4.98. The fourth-order valence-electron chi connectivity index (χ4n) is 0.950. The molecule has 0 atom stereocenters. The number of rotatable bonds is 2. The Morgan fingerprint density at radius 3 is 2.69 bits per heavy atom. The zero-order valence-corrected chi connectivity index (χ0v) is 8.00. The Morgan fingerprint density at radius 1 is 1.46 bits per heavy atom. The first-order valence-corrected chi connectivity index (χ1v) is 3.92. The molecule has 0 aromatic heterocycles. The highest BCUT2D eigenvalue weighted by molar-refractivity contribution is 5.94. The molecule has 3 heteroatoms. The molecule has 0 N–H and O–H groups in total. The topological polar surface area (TPSA) is 29.5 Å². The van der Waals surface area contributed by atoms with Crippen LogP contribution in [0.15, 0.2) is 18.2 Å². The molecule has 1 rings (SSSR count). The first kappa shape index (κ1) is 9.58. The van der Waals surface area contributed by atoms with Crippen LogP contribution in [0.1, 0.15) is 10.4 Å². The summed E-state index contributed by atoms with van der Waals surface area (Å²) in [6.45, 7) is 0. The molecule has 0 bridgehead atoms. The van der Waals surface area contributed by atoms with Gasteiger partial charge in [-0.1, -0.05) is 0 Å². The van der Waals surface area contributed by atoms with Crippen molar-refractivity contribution in [2.75, 3.05) is 21.2 Å². The van der Waals surface area contributed by atoms with Gasteiger partial charge in [0.2, 0.25) is 0 Å². The fraction of sp³-hybridized carbons (Fsp3) is 0.300. The molecular weight excluding hydrogens is 166 g/mol. The van der Waals surface area contributed by atoms with Gasteiger partial charge in [-0.3, -0.25) is 4.79 Å². The van der Waals surface area contributed by atoms with Crippen LogP contribution in [0, 0.1) is 6.07 Å².